The molecule has 0 radical (unpaired) electrons. The van der Waals surface area contributed by atoms with Gasteiger partial charge in [0.1, 0.15) is 5.76 Å². The first-order valence-corrected chi connectivity index (χ1v) is 7.01. The molecule has 0 aliphatic rings. The van der Waals surface area contributed by atoms with Crippen LogP contribution < -0.4 is 5.32 Å². The van der Waals surface area contributed by atoms with Gasteiger partial charge in [-0.05, 0) is 24.6 Å². The molecule has 0 spiro atoms. The monoisotopic (exact) mass is 261 g/mol. The fourth-order valence-electron chi connectivity index (χ4n) is 1.66. The van der Waals surface area contributed by atoms with E-state index in [1.54, 1.807) is 18.0 Å². The fourth-order valence-corrected chi connectivity index (χ4v) is 2.63. The smallest absolute Gasteiger partial charge is 0.114 e. The van der Waals surface area contributed by atoms with Gasteiger partial charge in [-0.1, -0.05) is 43.8 Å². The number of hydrogen-bond acceptors (Lipinski definition) is 3. The van der Waals surface area contributed by atoms with E-state index < -0.39 is 0 Å². The first-order valence-electron chi connectivity index (χ1n) is 6.20. The van der Waals surface area contributed by atoms with Crippen molar-refractivity contribution in [2.24, 2.45) is 0 Å². The molecule has 18 heavy (non-hydrogen) atoms. The molecule has 0 fully saturated rings. The molecule has 2 rings (SSSR count). The quantitative estimate of drug-likeness (QED) is 0.871. The molecule has 0 aliphatic carbocycles. The third-order valence-corrected chi connectivity index (χ3v) is 3.97. The maximum absolute atomic E-state index is 5.34. The Morgan fingerprint density at radius 1 is 1.17 bits per heavy atom. The van der Waals surface area contributed by atoms with Crippen molar-refractivity contribution >= 4 is 11.8 Å². The lowest BCUT2D eigenvalue weighted by molar-refractivity contribution is 0.527. The molecule has 0 atom stereocenters. The molecule has 1 N–H and O–H groups in total. The van der Waals surface area contributed by atoms with Gasteiger partial charge < -0.3 is 9.73 Å². The average Bonchev–Trinajstić information content (AvgIpc) is 2.74. The summed E-state index contributed by atoms with van der Waals surface area (Å²) in [6, 6.07) is 11.0. The zero-order chi connectivity index (χ0) is 13.0. The van der Waals surface area contributed by atoms with Crippen LogP contribution in [0.2, 0.25) is 0 Å². The van der Waals surface area contributed by atoms with Crippen molar-refractivity contribution in [3.63, 3.8) is 0 Å². The van der Waals surface area contributed by atoms with Crippen LogP contribution in [0.25, 0.3) is 0 Å². The first kappa shape index (κ1) is 13.2. The summed E-state index contributed by atoms with van der Waals surface area (Å²) < 4.78 is 5.34. The first-order chi connectivity index (χ1) is 8.66. The molecule has 0 saturated carbocycles. The van der Waals surface area contributed by atoms with Gasteiger partial charge in [0.2, 0.25) is 0 Å². The molecule has 0 saturated heterocycles. The number of hydrogen-bond donors (Lipinski definition) is 1. The zero-order valence-electron chi connectivity index (χ0n) is 11.1. The Hall–Kier alpha value is -1.19. The molecule has 3 heteroatoms. The molecular formula is C15H19NOS. The minimum absolute atomic E-state index is 0.499. The Bertz CT molecular complexity index is 505. The maximum Gasteiger partial charge on any atom is 0.114 e. The highest BCUT2D eigenvalue weighted by atomic mass is 32.2. The van der Waals surface area contributed by atoms with Gasteiger partial charge in [-0.3, -0.25) is 0 Å². The molecule has 1 aromatic carbocycles. The average molecular weight is 261 g/mol. The van der Waals surface area contributed by atoms with Crippen LogP contribution >= 0.6 is 11.8 Å². The Kier molecular flexibility index (Phi) is 4.50. The van der Waals surface area contributed by atoms with Crippen LogP contribution in [0.4, 0.5) is 0 Å². The number of furan rings is 1. The van der Waals surface area contributed by atoms with E-state index in [-0.39, 0.29) is 0 Å². The van der Waals surface area contributed by atoms with Crippen molar-refractivity contribution in [2.75, 3.05) is 0 Å². The van der Waals surface area contributed by atoms with Gasteiger partial charge in [0, 0.05) is 17.5 Å². The SMILES string of the molecule is Cc1occc1Sc1ccccc1CNC(C)C. The summed E-state index contributed by atoms with van der Waals surface area (Å²) in [5.74, 6) is 0.978. The van der Waals surface area contributed by atoms with E-state index in [1.807, 2.05) is 13.0 Å². The summed E-state index contributed by atoms with van der Waals surface area (Å²) in [6.07, 6.45) is 1.74. The van der Waals surface area contributed by atoms with Gasteiger partial charge in [0.25, 0.3) is 0 Å². The normalized spacial score (nSPS) is 11.1. The van der Waals surface area contributed by atoms with Crippen molar-refractivity contribution in [2.45, 2.75) is 43.1 Å². The molecule has 1 aromatic heterocycles. The Morgan fingerprint density at radius 3 is 2.61 bits per heavy atom. The third kappa shape index (κ3) is 3.40. The van der Waals surface area contributed by atoms with Crippen LogP contribution in [-0.4, -0.2) is 6.04 Å². The van der Waals surface area contributed by atoms with Crippen LogP contribution in [0, 0.1) is 6.92 Å². The van der Waals surface area contributed by atoms with Crippen LogP contribution in [-0.2, 0) is 6.54 Å². The molecule has 0 amide bonds. The number of aryl methyl sites for hydroxylation is 1. The Balaban J connectivity index is 2.14. The van der Waals surface area contributed by atoms with E-state index in [9.17, 15) is 0 Å². The highest BCUT2D eigenvalue weighted by Crippen LogP contribution is 2.33. The van der Waals surface area contributed by atoms with Crippen LogP contribution in [0.15, 0.2) is 50.8 Å². The summed E-state index contributed by atoms with van der Waals surface area (Å²) in [5, 5.41) is 3.46. The lowest BCUT2D eigenvalue weighted by Gasteiger charge is -2.11. The van der Waals surface area contributed by atoms with Crippen molar-refractivity contribution in [1.82, 2.24) is 5.32 Å². The van der Waals surface area contributed by atoms with E-state index in [0.29, 0.717) is 6.04 Å². The molecular weight excluding hydrogens is 242 g/mol. The molecule has 2 aromatic rings. The van der Waals surface area contributed by atoms with Crippen LogP contribution in [0.5, 0.6) is 0 Å². The summed E-state index contributed by atoms with van der Waals surface area (Å²) >= 11 is 1.77. The van der Waals surface area contributed by atoms with Gasteiger partial charge in [0.15, 0.2) is 0 Å². The topological polar surface area (TPSA) is 25.2 Å². The van der Waals surface area contributed by atoms with E-state index in [4.69, 9.17) is 4.42 Å². The number of nitrogens with one attached hydrogen (secondary N) is 1. The highest BCUT2D eigenvalue weighted by Gasteiger charge is 2.07. The summed E-state index contributed by atoms with van der Waals surface area (Å²) in [6.45, 7) is 7.22. The molecule has 1 heterocycles. The standard InChI is InChI=1S/C15H19NOS/c1-11(2)16-10-13-6-4-5-7-15(13)18-14-8-9-17-12(14)3/h4-9,11,16H,10H2,1-3H3. The second-order valence-electron chi connectivity index (χ2n) is 4.59. The van der Waals surface area contributed by atoms with Gasteiger partial charge in [-0.15, -0.1) is 0 Å². The van der Waals surface area contributed by atoms with E-state index in [1.165, 1.54) is 15.4 Å². The van der Waals surface area contributed by atoms with Gasteiger partial charge >= 0.3 is 0 Å². The van der Waals surface area contributed by atoms with Crippen molar-refractivity contribution in [3.05, 3.63) is 47.9 Å². The summed E-state index contributed by atoms with van der Waals surface area (Å²) in [5.41, 5.74) is 1.33. The minimum atomic E-state index is 0.499. The molecule has 0 unspecified atom stereocenters. The minimum Gasteiger partial charge on any atom is -0.468 e. The predicted octanol–water partition coefficient (Wildman–Crippen LogP) is 4.24. The van der Waals surface area contributed by atoms with Gasteiger partial charge in [-0.2, -0.15) is 0 Å². The van der Waals surface area contributed by atoms with Gasteiger partial charge in [0.05, 0.1) is 11.2 Å². The van der Waals surface area contributed by atoms with Crippen molar-refractivity contribution < 1.29 is 4.42 Å². The summed E-state index contributed by atoms with van der Waals surface area (Å²) in [4.78, 5) is 2.47. The zero-order valence-corrected chi connectivity index (χ0v) is 11.9. The van der Waals surface area contributed by atoms with E-state index >= 15 is 0 Å². The maximum atomic E-state index is 5.34. The lowest BCUT2D eigenvalue weighted by Crippen LogP contribution is -2.22. The third-order valence-electron chi connectivity index (χ3n) is 2.70. The molecule has 2 nitrogen and oxygen atoms in total. The van der Waals surface area contributed by atoms with Crippen molar-refractivity contribution in [1.29, 1.82) is 0 Å². The predicted molar refractivity (Wildman–Crippen MR) is 76.0 cm³/mol. The van der Waals surface area contributed by atoms with E-state index in [2.05, 4.69) is 43.4 Å². The summed E-state index contributed by atoms with van der Waals surface area (Å²) in [7, 11) is 0. The fraction of sp³-hybridized carbons (Fsp3) is 0.333. The van der Waals surface area contributed by atoms with Gasteiger partial charge in [-0.25, -0.2) is 0 Å². The van der Waals surface area contributed by atoms with E-state index in [0.717, 1.165) is 12.3 Å². The largest absolute Gasteiger partial charge is 0.468 e. The second kappa shape index (κ2) is 6.12. The number of benzene rings is 1. The molecule has 0 bridgehead atoms. The van der Waals surface area contributed by atoms with Crippen molar-refractivity contribution in [3.8, 4) is 0 Å². The number of rotatable bonds is 5. The highest BCUT2D eigenvalue weighted by molar-refractivity contribution is 7.99. The lowest BCUT2D eigenvalue weighted by atomic mass is 10.2. The van der Waals surface area contributed by atoms with Crippen LogP contribution in [0.1, 0.15) is 25.2 Å². The van der Waals surface area contributed by atoms with Crippen LogP contribution in [0.3, 0.4) is 0 Å². The Labute approximate surface area is 113 Å². The second-order valence-corrected chi connectivity index (χ2v) is 5.67. The molecule has 96 valence electrons. The Morgan fingerprint density at radius 2 is 1.94 bits per heavy atom. The molecule has 0 aliphatic heterocycles.